The van der Waals surface area contributed by atoms with Crippen LogP contribution in [0.5, 0.6) is 0 Å². The van der Waals surface area contributed by atoms with Crippen molar-refractivity contribution in [3.63, 3.8) is 0 Å². The second-order valence-electron chi connectivity index (χ2n) is 4.54. The Hall–Kier alpha value is -0.120. The highest BCUT2D eigenvalue weighted by Gasteiger charge is 2.23. The molecule has 0 bridgehead atoms. The highest BCUT2D eigenvalue weighted by Crippen LogP contribution is 2.11. The van der Waals surface area contributed by atoms with Crippen LogP contribution in [0.4, 0.5) is 0 Å². The van der Waals surface area contributed by atoms with E-state index in [2.05, 4.69) is 30.7 Å². The van der Waals surface area contributed by atoms with Crippen molar-refractivity contribution in [3.8, 4) is 0 Å². The van der Waals surface area contributed by atoms with E-state index in [1.807, 2.05) is 0 Å². The van der Waals surface area contributed by atoms with Crippen molar-refractivity contribution in [2.45, 2.75) is 26.9 Å². The molecule has 1 aliphatic rings. The fourth-order valence-electron chi connectivity index (χ4n) is 1.61. The smallest absolute Gasteiger partial charge is 0.0749 e. The van der Waals surface area contributed by atoms with Crippen molar-refractivity contribution in [1.82, 2.24) is 9.80 Å². The summed E-state index contributed by atoms with van der Waals surface area (Å²) in [5.74, 6) is 0. The molecule has 14 heavy (non-hydrogen) atoms. The molecule has 0 aromatic carbocycles. The van der Waals surface area contributed by atoms with E-state index in [-0.39, 0.29) is 13.0 Å². The Morgan fingerprint density at radius 2 is 1.64 bits per heavy atom. The van der Waals surface area contributed by atoms with Gasteiger partial charge < -0.3 is 9.64 Å². The first kappa shape index (κ1) is 13.9. The highest BCUT2D eigenvalue weighted by atomic mass is 16.5. The van der Waals surface area contributed by atoms with Gasteiger partial charge in [-0.2, -0.15) is 0 Å². The number of nitrogens with zero attached hydrogens (tertiary/aromatic N) is 2. The van der Waals surface area contributed by atoms with E-state index >= 15 is 0 Å². The molecule has 86 valence electrons. The van der Waals surface area contributed by atoms with Crippen LogP contribution in [0.15, 0.2) is 0 Å². The molecule has 1 rings (SSSR count). The normalized spacial score (nSPS) is 20.6. The second-order valence-corrected chi connectivity index (χ2v) is 4.54. The van der Waals surface area contributed by atoms with Gasteiger partial charge in [-0.3, -0.25) is 4.90 Å². The molecule has 0 atom stereocenters. The third-order valence-electron chi connectivity index (χ3n) is 2.75. The molecule has 1 aliphatic heterocycles. The molecule has 0 radical (unpaired) electrons. The Labute approximate surface area is 89.0 Å². The van der Waals surface area contributed by atoms with Crippen LogP contribution in [-0.4, -0.2) is 62.3 Å². The predicted octanol–water partition coefficient (Wildman–Crippen LogP) is 1.29. The van der Waals surface area contributed by atoms with Crippen molar-refractivity contribution in [2.75, 3.05) is 46.9 Å². The first-order chi connectivity index (χ1) is 6.03. The van der Waals surface area contributed by atoms with Gasteiger partial charge >= 0.3 is 0 Å². The van der Waals surface area contributed by atoms with Crippen molar-refractivity contribution in [2.24, 2.45) is 0 Å². The van der Waals surface area contributed by atoms with E-state index in [4.69, 9.17) is 4.74 Å². The number of rotatable bonds is 3. The van der Waals surface area contributed by atoms with Crippen LogP contribution in [0.2, 0.25) is 0 Å². The molecular weight excluding hydrogens is 176 g/mol. The van der Waals surface area contributed by atoms with Crippen molar-refractivity contribution >= 4 is 0 Å². The van der Waals surface area contributed by atoms with Gasteiger partial charge in [-0.25, -0.2) is 0 Å². The fourth-order valence-corrected chi connectivity index (χ4v) is 1.61. The predicted molar refractivity (Wildman–Crippen MR) is 61.8 cm³/mol. The summed E-state index contributed by atoms with van der Waals surface area (Å²) in [4.78, 5) is 4.85. The van der Waals surface area contributed by atoms with Crippen LogP contribution >= 0.6 is 0 Å². The van der Waals surface area contributed by atoms with Crippen LogP contribution in [0.25, 0.3) is 0 Å². The van der Waals surface area contributed by atoms with Crippen LogP contribution in [-0.2, 0) is 4.74 Å². The lowest BCUT2D eigenvalue weighted by Crippen LogP contribution is -2.49. The third kappa shape index (κ3) is 4.40. The number of hydrogen-bond donors (Lipinski definition) is 0. The molecule has 0 N–H and O–H groups in total. The quantitative estimate of drug-likeness (QED) is 0.686. The summed E-state index contributed by atoms with van der Waals surface area (Å²) >= 11 is 0. The Bertz CT molecular complexity index is 151. The van der Waals surface area contributed by atoms with Crippen LogP contribution in [0.1, 0.15) is 21.3 Å². The third-order valence-corrected chi connectivity index (χ3v) is 2.75. The zero-order valence-electron chi connectivity index (χ0n) is 9.34. The topological polar surface area (TPSA) is 15.7 Å². The van der Waals surface area contributed by atoms with Crippen LogP contribution in [0, 0.1) is 0 Å². The molecule has 0 unspecified atom stereocenters. The Kier molecular flexibility index (Phi) is 5.64. The Balaban J connectivity index is 0.00000169. The van der Waals surface area contributed by atoms with Crippen molar-refractivity contribution in [1.29, 1.82) is 0 Å². The maximum atomic E-state index is 5.41. The maximum absolute atomic E-state index is 5.41. The second kappa shape index (κ2) is 5.69. The number of methoxy groups -OCH3 is 1. The number of piperazine rings is 1. The van der Waals surface area contributed by atoms with E-state index in [9.17, 15) is 0 Å². The monoisotopic (exact) mass is 202 g/mol. The first-order valence-corrected chi connectivity index (χ1v) is 4.99. The SMILES string of the molecule is C.COC(C)(C)CN1CCN(C)CC1. The van der Waals surface area contributed by atoms with Gasteiger partial charge in [0.05, 0.1) is 5.60 Å². The van der Waals surface area contributed by atoms with Gasteiger partial charge in [0.2, 0.25) is 0 Å². The van der Waals surface area contributed by atoms with Crippen LogP contribution < -0.4 is 0 Å². The lowest BCUT2D eigenvalue weighted by molar-refractivity contribution is -0.0163. The largest absolute Gasteiger partial charge is 0.377 e. The average Bonchev–Trinajstić information content (AvgIpc) is 2.09. The van der Waals surface area contributed by atoms with Crippen molar-refractivity contribution < 1.29 is 4.74 Å². The maximum Gasteiger partial charge on any atom is 0.0749 e. The molecule has 3 nitrogen and oxygen atoms in total. The number of hydrogen-bond acceptors (Lipinski definition) is 3. The van der Waals surface area contributed by atoms with E-state index in [0.29, 0.717) is 0 Å². The van der Waals surface area contributed by atoms with E-state index in [1.165, 1.54) is 26.2 Å². The standard InChI is InChI=1S/C10H22N2O.CH4/c1-10(2,13-4)9-12-7-5-11(3)6-8-12;/h5-9H2,1-4H3;1H4. The van der Waals surface area contributed by atoms with E-state index in [1.54, 1.807) is 7.11 Å². The minimum atomic E-state index is -0.00406. The summed E-state index contributed by atoms with van der Waals surface area (Å²) in [5, 5.41) is 0. The molecule has 1 saturated heterocycles. The van der Waals surface area contributed by atoms with E-state index in [0.717, 1.165) is 6.54 Å². The van der Waals surface area contributed by atoms with Gasteiger partial charge in [-0.15, -0.1) is 0 Å². The molecule has 0 aromatic rings. The molecule has 0 amide bonds. The van der Waals surface area contributed by atoms with Crippen molar-refractivity contribution in [3.05, 3.63) is 0 Å². The van der Waals surface area contributed by atoms with Crippen LogP contribution in [0.3, 0.4) is 0 Å². The first-order valence-electron chi connectivity index (χ1n) is 4.99. The summed E-state index contributed by atoms with van der Waals surface area (Å²) in [7, 11) is 3.97. The summed E-state index contributed by atoms with van der Waals surface area (Å²) in [6, 6.07) is 0. The molecule has 1 heterocycles. The molecule has 3 heteroatoms. The zero-order valence-corrected chi connectivity index (χ0v) is 9.34. The fraction of sp³-hybridized carbons (Fsp3) is 1.00. The summed E-state index contributed by atoms with van der Waals surface area (Å²) < 4.78 is 5.41. The number of likely N-dealkylation sites (N-methyl/N-ethyl adjacent to an activating group) is 1. The van der Waals surface area contributed by atoms with Gasteiger partial charge in [-0.05, 0) is 20.9 Å². The highest BCUT2D eigenvalue weighted by molar-refractivity contribution is 4.77. The van der Waals surface area contributed by atoms with Gasteiger partial charge in [0.15, 0.2) is 0 Å². The van der Waals surface area contributed by atoms with Gasteiger partial charge in [-0.1, -0.05) is 7.43 Å². The molecule has 0 aliphatic carbocycles. The summed E-state index contributed by atoms with van der Waals surface area (Å²) in [5.41, 5.74) is -0.00406. The molecule has 0 saturated carbocycles. The average molecular weight is 202 g/mol. The molecule has 1 fully saturated rings. The zero-order chi connectivity index (χ0) is 9.90. The van der Waals surface area contributed by atoms with Gasteiger partial charge in [0.1, 0.15) is 0 Å². The summed E-state index contributed by atoms with van der Waals surface area (Å²) in [6.07, 6.45) is 0. The minimum Gasteiger partial charge on any atom is -0.377 e. The lowest BCUT2D eigenvalue weighted by Gasteiger charge is -2.37. The van der Waals surface area contributed by atoms with E-state index < -0.39 is 0 Å². The molecule has 0 spiro atoms. The summed E-state index contributed by atoms with van der Waals surface area (Å²) in [6.45, 7) is 10.0. The molecular formula is C11H26N2O. The number of ether oxygens (including phenoxy) is 1. The lowest BCUT2D eigenvalue weighted by atomic mass is 10.1. The Morgan fingerprint density at radius 1 is 1.14 bits per heavy atom. The van der Waals surface area contributed by atoms with Gasteiger partial charge in [0, 0.05) is 39.8 Å². The molecule has 0 aromatic heterocycles. The Morgan fingerprint density at radius 3 is 2.07 bits per heavy atom. The minimum absolute atomic E-state index is 0. The van der Waals surface area contributed by atoms with Gasteiger partial charge in [0.25, 0.3) is 0 Å².